The van der Waals surface area contributed by atoms with E-state index in [1.165, 1.54) is 11.1 Å². The van der Waals surface area contributed by atoms with Gasteiger partial charge in [0.2, 0.25) is 5.91 Å². The fraction of sp³-hybridized carbons (Fsp3) is 0.174. The van der Waals surface area contributed by atoms with Crippen LogP contribution in [0.2, 0.25) is 0 Å². The standard InChI is InChI=1S/C23H23NO/c1-17-12-14-19(15-13-17)16-22(25)24-23(20-9-4-3-5-10-20)21-11-7-6-8-18(21)2/h3-15,23H,16H2,1-2H3,(H,24,25)/t23-/m1/s1. The third-order valence-electron chi connectivity index (χ3n) is 4.42. The van der Waals surface area contributed by atoms with E-state index in [2.05, 4.69) is 36.5 Å². The summed E-state index contributed by atoms with van der Waals surface area (Å²) >= 11 is 0. The van der Waals surface area contributed by atoms with Crippen LogP contribution in [-0.4, -0.2) is 5.91 Å². The lowest BCUT2D eigenvalue weighted by Gasteiger charge is -2.22. The molecular weight excluding hydrogens is 306 g/mol. The Balaban J connectivity index is 1.84. The minimum Gasteiger partial charge on any atom is -0.345 e. The van der Waals surface area contributed by atoms with Crippen molar-refractivity contribution in [3.63, 3.8) is 0 Å². The number of benzene rings is 3. The molecule has 0 unspecified atom stereocenters. The van der Waals surface area contributed by atoms with Crippen LogP contribution in [0.15, 0.2) is 78.9 Å². The predicted molar refractivity (Wildman–Crippen MR) is 102 cm³/mol. The van der Waals surface area contributed by atoms with Gasteiger partial charge in [0, 0.05) is 0 Å². The number of amides is 1. The molecule has 3 rings (SSSR count). The van der Waals surface area contributed by atoms with Crippen molar-refractivity contribution in [3.8, 4) is 0 Å². The third-order valence-corrected chi connectivity index (χ3v) is 4.42. The molecule has 0 aromatic heterocycles. The van der Waals surface area contributed by atoms with E-state index in [1.807, 2.05) is 61.5 Å². The quantitative estimate of drug-likeness (QED) is 0.719. The van der Waals surface area contributed by atoms with E-state index in [0.29, 0.717) is 6.42 Å². The average Bonchev–Trinajstić information content (AvgIpc) is 2.63. The van der Waals surface area contributed by atoms with E-state index < -0.39 is 0 Å². The summed E-state index contributed by atoms with van der Waals surface area (Å²) in [6, 6.07) is 26.3. The average molecular weight is 329 g/mol. The number of aryl methyl sites for hydroxylation is 2. The second-order valence-electron chi connectivity index (χ2n) is 6.43. The zero-order valence-electron chi connectivity index (χ0n) is 14.7. The molecule has 1 atom stereocenters. The number of hydrogen-bond acceptors (Lipinski definition) is 1. The van der Waals surface area contributed by atoms with E-state index >= 15 is 0 Å². The van der Waals surface area contributed by atoms with Crippen LogP contribution in [0, 0.1) is 13.8 Å². The highest BCUT2D eigenvalue weighted by molar-refractivity contribution is 5.79. The van der Waals surface area contributed by atoms with Gasteiger partial charge in [0.25, 0.3) is 0 Å². The van der Waals surface area contributed by atoms with Crippen LogP contribution in [0.4, 0.5) is 0 Å². The second-order valence-corrected chi connectivity index (χ2v) is 6.43. The highest BCUT2D eigenvalue weighted by Crippen LogP contribution is 2.25. The third kappa shape index (κ3) is 4.36. The molecule has 3 aromatic carbocycles. The normalized spacial score (nSPS) is 11.8. The fourth-order valence-electron chi connectivity index (χ4n) is 3.00. The van der Waals surface area contributed by atoms with Gasteiger partial charge in [-0.25, -0.2) is 0 Å². The van der Waals surface area contributed by atoms with Crippen LogP contribution in [0.3, 0.4) is 0 Å². The topological polar surface area (TPSA) is 29.1 Å². The first-order chi connectivity index (χ1) is 12.1. The van der Waals surface area contributed by atoms with Crippen LogP contribution in [-0.2, 0) is 11.2 Å². The Labute approximate surface area is 149 Å². The summed E-state index contributed by atoms with van der Waals surface area (Å²) in [4.78, 5) is 12.7. The Morgan fingerprint density at radius 3 is 2.16 bits per heavy atom. The lowest BCUT2D eigenvalue weighted by Crippen LogP contribution is -2.31. The van der Waals surface area contributed by atoms with E-state index in [0.717, 1.165) is 16.7 Å². The van der Waals surface area contributed by atoms with Crippen molar-refractivity contribution < 1.29 is 4.79 Å². The molecule has 0 aliphatic carbocycles. The number of hydrogen-bond donors (Lipinski definition) is 1. The summed E-state index contributed by atoms with van der Waals surface area (Å²) in [6.07, 6.45) is 0.384. The second kappa shape index (κ2) is 7.80. The molecular formula is C23H23NO. The number of carbonyl (C=O) groups is 1. The molecule has 1 N–H and O–H groups in total. The maximum atomic E-state index is 12.7. The molecule has 25 heavy (non-hydrogen) atoms. The van der Waals surface area contributed by atoms with Gasteiger partial charge >= 0.3 is 0 Å². The Morgan fingerprint density at radius 2 is 1.48 bits per heavy atom. The molecule has 0 bridgehead atoms. The lowest BCUT2D eigenvalue weighted by molar-refractivity contribution is -0.120. The Morgan fingerprint density at radius 1 is 0.840 bits per heavy atom. The molecule has 2 heteroatoms. The van der Waals surface area contributed by atoms with E-state index in [4.69, 9.17) is 0 Å². The van der Waals surface area contributed by atoms with Crippen LogP contribution < -0.4 is 5.32 Å². The van der Waals surface area contributed by atoms with E-state index in [-0.39, 0.29) is 11.9 Å². The molecule has 0 fully saturated rings. The zero-order chi connectivity index (χ0) is 17.6. The van der Waals surface area contributed by atoms with Crippen molar-refractivity contribution in [1.82, 2.24) is 5.32 Å². The van der Waals surface area contributed by atoms with Gasteiger partial charge in [-0.15, -0.1) is 0 Å². The van der Waals surface area contributed by atoms with Crippen molar-refractivity contribution >= 4 is 5.91 Å². The molecule has 126 valence electrons. The first kappa shape index (κ1) is 17.0. The van der Waals surface area contributed by atoms with Crippen LogP contribution in [0.1, 0.15) is 33.9 Å². The molecule has 1 amide bonds. The minimum atomic E-state index is -0.139. The van der Waals surface area contributed by atoms with Gasteiger partial charge in [0.1, 0.15) is 0 Å². The van der Waals surface area contributed by atoms with Gasteiger partial charge in [-0.3, -0.25) is 4.79 Å². The number of nitrogens with one attached hydrogen (secondary N) is 1. The summed E-state index contributed by atoms with van der Waals surface area (Å²) in [6.45, 7) is 4.13. The first-order valence-corrected chi connectivity index (χ1v) is 8.59. The van der Waals surface area contributed by atoms with Crippen LogP contribution in [0.25, 0.3) is 0 Å². The van der Waals surface area contributed by atoms with Crippen molar-refractivity contribution in [2.75, 3.05) is 0 Å². The molecule has 0 aliphatic heterocycles. The van der Waals surface area contributed by atoms with Crippen LogP contribution >= 0.6 is 0 Å². The van der Waals surface area contributed by atoms with Gasteiger partial charge in [-0.2, -0.15) is 0 Å². The summed E-state index contributed by atoms with van der Waals surface area (Å²) in [5.41, 5.74) is 5.62. The van der Waals surface area contributed by atoms with Crippen molar-refractivity contribution in [2.45, 2.75) is 26.3 Å². The highest BCUT2D eigenvalue weighted by atomic mass is 16.1. The SMILES string of the molecule is Cc1ccc(CC(=O)N[C@H](c2ccccc2)c2ccccc2C)cc1. The van der Waals surface area contributed by atoms with Crippen molar-refractivity contribution in [3.05, 3.63) is 107 Å². The van der Waals surface area contributed by atoms with Gasteiger partial charge in [0.15, 0.2) is 0 Å². The molecule has 0 aliphatic rings. The maximum absolute atomic E-state index is 12.7. The smallest absolute Gasteiger partial charge is 0.225 e. The van der Waals surface area contributed by atoms with Gasteiger partial charge in [0.05, 0.1) is 12.5 Å². The first-order valence-electron chi connectivity index (χ1n) is 8.59. The van der Waals surface area contributed by atoms with Crippen molar-refractivity contribution in [1.29, 1.82) is 0 Å². The summed E-state index contributed by atoms with van der Waals surface area (Å²) in [5.74, 6) is 0.0287. The Hall–Kier alpha value is -2.87. The number of rotatable bonds is 5. The molecule has 0 saturated carbocycles. The largest absolute Gasteiger partial charge is 0.345 e. The minimum absolute atomic E-state index is 0.0287. The highest BCUT2D eigenvalue weighted by Gasteiger charge is 2.18. The monoisotopic (exact) mass is 329 g/mol. The molecule has 3 aromatic rings. The van der Waals surface area contributed by atoms with Gasteiger partial charge in [-0.05, 0) is 36.1 Å². The van der Waals surface area contributed by atoms with E-state index in [9.17, 15) is 4.79 Å². The van der Waals surface area contributed by atoms with Gasteiger partial charge in [-0.1, -0.05) is 84.4 Å². The molecule has 0 heterocycles. The maximum Gasteiger partial charge on any atom is 0.225 e. The van der Waals surface area contributed by atoms with Crippen molar-refractivity contribution in [2.24, 2.45) is 0 Å². The molecule has 0 radical (unpaired) electrons. The number of carbonyl (C=O) groups excluding carboxylic acids is 1. The summed E-state index contributed by atoms with van der Waals surface area (Å²) < 4.78 is 0. The Kier molecular flexibility index (Phi) is 5.30. The summed E-state index contributed by atoms with van der Waals surface area (Å²) in [7, 11) is 0. The van der Waals surface area contributed by atoms with Gasteiger partial charge < -0.3 is 5.32 Å². The molecule has 0 saturated heterocycles. The van der Waals surface area contributed by atoms with Crippen LogP contribution in [0.5, 0.6) is 0 Å². The summed E-state index contributed by atoms with van der Waals surface area (Å²) in [5, 5.41) is 3.21. The Bertz CT molecular complexity index is 837. The molecule has 2 nitrogen and oxygen atoms in total. The fourth-order valence-corrected chi connectivity index (χ4v) is 3.00. The van der Waals surface area contributed by atoms with E-state index in [1.54, 1.807) is 0 Å². The molecule has 0 spiro atoms. The predicted octanol–water partition coefficient (Wildman–Crippen LogP) is 4.75. The zero-order valence-corrected chi connectivity index (χ0v) is 14.7. The lowest BCUT2D eigenvalue weighted by atomic mass is 9.94.